The van der Waals surface area contributed by atoms with Crippen LogP contribution in [-0.2, 0) is 4.74 Å². The average Bonchev–Trinajstić information content (AvgIpc) is 2.88. The molecule has 0 bridgehead atoms. The fourth-order valence-electron chi connectivity index (χ4n) is 1.83. The number of benzene rings is 1. The van der Waals surface area contributed by atoms with Crippen molar-refractivity contribution in [3.8, 4) is 11.8 Å². The Hall–Kier alpha value is -2.13. The van der Waals surface area contributed by atoms with Crippen molar-refractivity contribution in [3.63, 3.8) is 0 Å². The second-order valence-electron chi connectivity index (χ2n) is 4.06. The maximum absolute atomic E-state index is 10.8. The van der Waals surface area contributed by atoms with Crippen LogP contribution in [-0.4, -0.2) is 24.7 Å². The minimum absolute atomic E-state index is 0.0265. The average molecular weight is 248 g/mol. The molecule has 1 aromatic rings. The third kappa shape index (κ3) is 2.57. The highest BCUT2D eigenvalue weighted by Crippen LogP contribution is 2.28. The predicted molar refractivity (Wildman–Crippen MR) is 62.2 cm³/mol. The lowest BCUT2D eigenvalue weighted by Gasteiger charge is -2.11. The molecular formula is C12H12N2O4. The highest BCUT2D eigenvalue weighted by atomic mass is 16.6. The lowest BCUT2D eigenvalue weighted by molar-refractivity contribution is -0.385. The summed E-state index contributed by atoms with van der Waals surface area (Å²) in [6.45, 7) is 1.76. The normalized spacial score (nSPS) is 18.3. The van der Waals surface area contributed by atoms with E-state index in [1.165, 1.54) is 12.1 Å². The van der Waals surface area contributed by atoms with Gasteiger partial charge in [0.05, 0.1) is 18.1 Å². The van der Waals surface area contributed by atoms with Crippen LogP contribution in [0.2, 0.25) is 0 Å². The molecule has 18 heavy (non-hydrogen) atoms. The molecule has 2 rings (SSSR count). The Labute approximate surface area is 104 Å². The molecule has 0 radical (unpaired) electrons. The SMILES string of the molecule is N#Cc1c(OCC2CCOC2)cccc1[N+](=O)[O-]. The number of ether oxygens (including phenoxy) is 2. The first-order valence-electron chi connectivity index (χ1n) is 5.60. The molecular weight excluding hydrogens is 236 g/mol. The monoisotopic (exact) mass is 248 g/mol. The summed E-state index contributed by atoms with van der Waals surface area (Å²) in [6.07, 6.45) is 0.914. The van der Waals surface area contributed by atoms with Gasteiger partial charge in [-0.05, 0) is 12.5 Å². The van der Waals surface area contributed by atoms with Crippen molar-refractivity contribution >= 4 is 5.69 Å². The molecule has 0 saturated carbocycles. The Balaban J connectivity index is 2.14. The molecule has 1 heterocycles. The fourth-order valence-corrected chi connectivity index (χ4v) is 1.83. The van der Waals surface area contributed by atoms with Crippen LogP contribution in [0.3, 0.4) is 0 Å². The van der Waals surface area contributed by atoms with Crippen LogP contribution in [0.15, 0.2) is 18.2 Å². The zero-order valence-corrected chi connectivity index (χ0v) is 9.67. The standard InChI is InChI=1S/C12H12N2O4/c13-6-10-11(14(15)16)2-1-3-12(10)18-8-9-4-5-17-7-9/h1-3,9H,4-5,7-8H2. The lowest BCUT2D eigenvalue weighted by Crippen LogP contribution is -2.12. The van der Waals surface area contributed by atoms with Crippen molar-refractivity contribution in [3.05, 3.63) is 33.9 Å². The van der Waals surface area contributed by atoms with Crippen LogP contribution < -0.4 is 4.74 Å². The summed E-state index contributed by atoms with van der Waals surface area (Å²) in [5, 5.41) is 19.8. The highest BCUT2D eigenvalue weighted by Gasteiger charge is 2.21. The molecule has 1 unspecified atom stereocenters. The van der Waals surface area contributed by atoms with Crippen LogP contribution in [0, 0.1) is 27.4 Å². The fraction of sp³-hybridized carbons (Fsp3) is 0.417. The van der Waals surface area contributed by atoms with Gasteiger partial charge in [-0.1, -0.05) is 6.07 Å². The van der Waals surface area contributed by atoms with Crippen LogP contribution in [0.25, 0.3) is 0 Å². The van der Waals surface area contributed by atoms with Gasteiger partial charge in [0.25, 0.3) is 5.69 Å². The topological polar surface area (TPSA) is 85.4 Å². The number of hydrogen-bond acceptors (Lipinski definition) is 5. The Bertz CT molecular complexity index is 489. The summed E-state index contributed by atoms with van der Waals surface area (Å²) in [5.41, 5.74) is -0.251. The van der Waals surface area contributed by atoms with Gasteiger partial charge >= 0.3 is 0 Å². The van der Waals surface area contributed by atoms with Crippen LogP contribution in [0.4, 0.5) is 5.69 Å². The van der Waals surface area contributed by atoms with Gasteiger partial charge in [0, 0.05) is 18.6 Å². The van der Waals surface area contributed by atoms with Crippen LogP contribution in [0.1, 0.15) is 12.0 Å². The second kappa shape index (κ2) is 5.47. The minimum atomic E-state index is -0.579. The van der Waals surface area contributed by atoms with E-state index in [4.69, 9.17) is 14.7 Å². The number of nitro benzene ring substituents is 1. The predicted octanol–water partition coefficient (Wildman–Crippen LogP) is 1.88. The molecule has 0 aromatic heterocycles. The van der Waals surface area contributed by atoms with Crippen molar-refractivity contribution in [1.29, 1.82) is 5.26 Å². The van der Waals surface area contributed by atoms with Crippen LogP contribution in [0.5, 0.6) is 5.75 Å². The smallest absolute Gasteiger partial charge is 0.290 e. The minimum Gasteiger partial charge on any atom is -0.492 e. The molecule has 0 N–H and O–H groups in total. The molecule has 1 aromatic carbocycles. The Morgan fingerprint density at radius 2 is 2.44 bits per heavy atom. The quantitative estimate of drug-likeness (QED) is 0.599. The summed E-state index contributed by atoms with van der Waals surface area (Å²) in [7, 11) is 0. The van der Waals surface area contributed by atoms with E-state index in [1.807, 2.05) is 6.07 Å². The number of nitro groups is 1. The highest BCUT2D eigenvalue weighted by molar-refractivity contribution is 5.56. The Kier molecular flexibility index (Phi) is 3.75. The molecule has 6 heteroatoms. The number of nitrogens with zero attached hydrogens (tertiary/aromatic N) is 2. The molecule has 1 fully saturated rings. The molecule has 94 valence electrons. The van der Waals surface area contributed by atoms with E-state index in [-0.39, 0.29) is 22.9 Å². The van der Waals surface area contributed by atoms with E-state index in [0.29, 0.717) is 19.8 Å². The van der Waals surface area contributed by atoms with E-state index < -0.39 is 4.92 Å². The molecule has 0 spiro atoms. The van der Waals surface area contributed by atoms with E-state index in [0.717, 1.165) is 6.42 Å². The van der Waals surface area contributed by atoms with Gasteiger partial charge in [-0.2, -0.15) is 5.26 Å². The van der Waals surface area contributed by atoms with Gasteiger partial charge in [0.1, 0.15) is 11.8 Å². The van der Waals surface area contributed by atoms with Gasteiger partial charge < -0.3 is 9.47 Å². The van der Waals surface area contributed by atoms with Gasteiger partial charge in [-0.25, -0.2) is 0 Å². The molecule has 1 saturated heterocycles. The first-order chi connectivity index (χ1) is 8.72. The first kappa shape index (κ1) is 12.3. The molecule has 0 amide bonds. The first-order valence-corrected chi connectivity index (χ1v) is 5.60. The van der Waals surface area contributed by atoms with Gasteiger partial charge in [-0.3, -0.25) is 10.1 Å². The van der Waals surface area contributed by atoms with Gasteiger partial charge in [0.2, 0.25) is 0 Å². The van der Waals surface area contributed by atoms with Gasteiger partial charge in [-0.15, -0.1) is 0 Å². The summed E-state index contributed by atoms with van der Waals surface area (Å²) >= 11 is 0. The van der Waals surface area contributed by atoms with Crippen molar-refractivity contribution in [1.82, 2.24) is 0 Å². The van der Waals surface area contributed by atoms with Crippen LogP contribution >= 0.6 is 0 Å². The molecule has 1 aliphatic rings. The molecule has 1 atom stereocenters. The molecule has 6 nitrogen and oxygen atoms in total. The number of rotatable bonds is 4. The van der Waals surface area contributed by atoms with E-state index >= 15 is 0 Å². The molecule has 1 aliphatic heterocycles. The van der Waals surface area contributed by atoms with E-state index in [1.54, 1.807) is 6.07 Å². The third-order valence-corrected chi connectivity index (χ3v) is 2.81. The summed E-state index contributed by atoms with van der Waals surface area (Å²) in [6, 6.07) is 6.20. The zero-order valence-electron chi connectivity index (χ0n) is 9.67. The van der Waals surface area contributed by atoms with Crippen molar-refractivity contribution < 1.29 is 14.4 Å². The summed E-state index contributed by atoms with van der Waals surface area (Å²) in [4.78, 5) is 10.2. The Morgan fingerprint density at radius 1 is 1.61 bits per heavy atom. The molecule has 0 aliphatic carbocycles. The number of hydrogen-bond donors (Lipinski definition) is 0. The van der Waals surface area contributed by atoms with Crippen molar-refractivity contribution in [2.45, 2.75) is 6.42 Å². The lowest BCUT2D eigenvalue weighted by atomic mass is 10.1. The van der Waals surface area contributed by atoms with Crippen molar-refractivity contribution in [2.75, 3.05) is 19.8 Å². The zero-order chi connectivity index (χ0) is 13.0. The largest absolute Gasteiger partial charge is 0.492 e. The Morgan fingerprint density at radius 3 is 3.06 bits per heavy atom. The summed E-state index contributed by atoms with van der Waals surface area (Å²) in [5.74, 6) is 0.550. The second-order valence-corrected chi connectivity index (χ2v) is 4.06. The summed E-state index contributed by atoms with van der Waals surface area (Å²) < 4.78 is 10.7. The maximum atomic E-state index is 10.8. The van der Waals surface area contributed by atoms with Gasteiger partial charge in [0.15, 0.2) is 5.56 Å². The maximum Gasteiger partial charge on any atom is 0.290 e. The number of nitriles is 1. The third-order valence-electron chi connectivity index (χ3n) is 2.81. The van der Waals surface area contributed by atoms with E-state index in [2.05, 4.69) is 0 Å². The van der Waals surface area contributed by atoms with E-state index in [9.17, 15) is 10.1 Å². The van der Waals surface area contributed by atoms with Crippen molar-refractivity contribution in [2.24, 2.45) is 5.92 Å².